The van der Waals surface area contributed by atoms with Crippen LogP contribution in [0.5, 0.6) is 0 Å². The summed E-state index contributed by atoms with van der Waals surface area (Å²) < 4.78 is 0. The molecule has 3 atom stereocenters. The van der Waals surface area contributed by atoms with Crippen LogP contribution in [0.25, 0.3) is 0 Å². The first-order valence-corrected chi connectivity index (χ1v) is 8.61. The molecule has 0 aromatic carbocycles. The Labute approximate surface area is 116 Å². The number of nitrogens with zero attached hydrogens (tertiary/aromatic N) is 1. The third kappa shape index (κ3) is 3.66. The van der Waals surface area contributed by atoms with Crippen molar-refractivity contribution in [1.29, 1.82) is 0 Å². The summed E-state index contributed by atoms with van der Waals surface area (Å²) in [5.74, 6) is 2.11. The van der Waals surface area contributed by atoms with Crippen LogP contribution in [0.4, 0.5) is 0 Å². The number of unbranched alkanes of at least 4 members (excludes halogenated alkanes) is 1. The normalized spacial score (nSPS) is 35.9. The number of thioether (sulfide) groups is 1. The molecule has 0 radical (unpaired) electrons. The van der Waals surface area contributed by atoms with Gasteiger partial charge in [0.15, 0.2) is 5.17 Å². The van der Waals surface area contributed by atoms with Crippen molar-refractivity contribution in [1.82, 2.24) is 5.32 Å². The average molecular weight is 268 g/mol. The Morgan fingerprint density at radius 2 is 2.39 bits per heavy atom. The van der Waals surface area contributed by atoms with E-state index in [1.807, 2.05) is 11.8 Å². The van der Waals surface area contributed by atoms with Gasteiger partial charge in [0.25, 0.3) is 0 Å². The fourth-order valence-corrected chi connectivity index (χ4v) is 4.53. The first-order valence-electron chi connectivity index (χ1n) is 7.62. The van der Waals surface area contributed by atoms with Gasteiger partial charge >= 0.3 is 0 Å². The minimum absolute atomic E-state index is 0.381. The zero-order chi connectivity index (χ0) is 13.0. The molecular weight excluding hydrogens is 240 g/mol. The molecule has 0 bridgehead atoms. The molecule has 18 heavy (non-hydrogen) atoms. The van der Waals surface area contributed by atoms with Crippen molar-refractivity contribution in [2.45, 2.75) is 77.3 Å². The van der Waals surface area contributed by atoms with E-state index in [4.69, 9.17) is 4.99 Å². The Balaban J connectivity index is 1.88. The maximum Gasteiger partial charge on any atom is 0.157 e. The van der Waals surface area contributed by atoms with Gasteiger partial charge in [0.1, 0.15) is 0 Å². The van der Waals surface area contributed by atoms with Crippen LogP contribution < -0.4 is 5.32 Å². The van der Waals surface area contributed by atoms with E-state index in [2.05, 4.69) is 26.1 Å². The molecule has 2 fully saturated rings. The molecule has 1 aliphatic carbocycles. The molecule has 1 N–H and O–H groups in total. The van der Waals surface area contributed by atoms with E-state index in [-0.39, 0.29) is 0 Å². The van der Waals surface area contributed by atoms with Crippen LogP contribution >= 0.6 is 11.8 Å². The molecule has 1 aliphatic heterocycles. The zero-order valence-corrected chi connectivity index (χ0v) is 13.0. The molecule has 0 amide bonds. The summed E-state index contributed by atoms with van der Waals surface area (Å²) in [5.41, 5.74) is 0.381. The van der Waals surface area contributed by atoms with Crippen molar-refractivity contribution in [3.8, 4) is 0 Å². The first-order chi connectivity index (χ1) is 8.63. The lowest BCUT2D eigenvalue weighted by Crippen LogP contribution is -2.47. The quantitative estimate of drug-likeness (QED) is 0.826. The first kappa shape index (κ1) is 14.2. The third-order valence-electron chi connectivity index (χ3n) is 4.26. The van der Waals surface area contributed by atoms with E-state index in [9.17, 15) is 0 Å². The lowest BCUT2D eigenvalue weighted by Gasteiger charge is -2.36. The highest BCUT2D eigenvalue weighted by Crippen LogP contribution is 2.38. The summed E-state index contributed by atoms with van der Waals surface area (Å²) >= 11 is 1.95. The molecule has 3 heteroatoms. The molecule has 2 nitrogen and oxygen atoms in total. The number of rotatable bonds is 4. The van der Waals surface area contributed by atoms with Crippen molar-refractivity contribution in [2.75, 3.05) is 5.75 Å². The number of nitrogens with one attached hydrogen (secondary N) is 1. The standard InChI is InChI=1S/C15H28N2S/c1-4-5-8-13(3)16-14-17-15(11-18-14)9-6-7-12(2)10-15/h12-13H,4-11H2,1-3H3,(H,16,17). The number of hydrogen-bond donors (Lipinski definition) is 1. The maximum atomic E-state index is 4.86. The Kier molecular flexibility index (Phi) is 4.99. The van der Waals surface area contributed by atoms with Gasteiger partial charge in [-0.25, -0.2) is 0 Å². The van der Waals surface area contributed by atoms with Gasteiger partial charge in [0.2, 0.25) is 0 Å². The van der Waals surface area contributed by atoms with Crippen molar-refractivity contribution in [3.05, 3.63) is 0 Å². The van der Waals surface area contributed by atoms with Crippen LogP contribution in [0.3, 0.4) is 0 Å². The topological polar surface area (TPSA) is 24.4 Å². The van der Waals surface area contributed by atoms with Crippen molar-refractivity contribution in [3.63, 3.8) is 0 Å². The lowest BCUT2D eigenvalue weighted by atomic mass is 9.78. The van der Waals surface area contributed by atoms with Crippen molar-refractivity contribution < 1.29 is 0 Å². The molecule has 0 aromatic rings. The maximum absolute atomic E-state index is 4.86. The summed E-state index contributed by atoms with van der Waals surface area (Å²) in [6.45, 7) is 6.90. The van der Waals surface area contributed by atoms with Crippen LogP contribution in [0.15, 0.2) is 4.99 Å². The van der Waals surface area contributed by atoms with Gasteiger partial charge < -0.3 is 5.32 Å². The Bertz CT molecular complexity index is 303. The minimum Gasteiger partial charge on any atom is -0.359 e. The molecule has 3 unspecified atom stereocenters. The molecule has 1 saturated heterocycles. The average Bonchev–Trinajstić information content (AvgIpc) is 2.69. The van der Waals surface area contributed by atoms with Gasteiger partial charge in [-0.3, -0.25) is 4.99 Å². The van der Waals surface area contributed by atoms with E-state index in [1.165, 1.54) is 55.9 Å². The fraction of sp³-hybridized carbons (Fsp3) is 0.933. The highest BCUT2D eigenvalue weighted by Gasteiger charge is 2.40. The molecule has 1 spiro atoms. The van der Waals surface area contributed by atoms with E-state index >= 15 is 0 Å². The highest BCUT2D eigenvalue weighted by atomic mass is 32.2. The van der Waals surface area contributed by atoms with Crippen molar-refractivity contribution in [2.24, 2.45) is 10.9 Å². The highest BCUT2D eigenvalue weighted by molar-refractivity contribution is 8.14. The third-order valence-corrected chi connectivity index (χ3v) is 5.44. The van der Waals surface area contributed by atoms with Gasteiger partial charge in [-0.05, 0) is 32.1 Å². The predicted octanol–water partition coefficient (Wildman–Crippen LogP) is 4.21. The smallest absolute Gasteiger partial charge is 0.157 e. The Morgan fingerprint density at radius 3 is 3.11 bits per heavy atom. The van der Waals surface area contributed by atoms with Crippen LogP contribution in [-0.4, -0.2) is 22.5 Å². The van der Waals surface area contributed by atoms with Crippen LogP contribution in [0, 0.1) is 5.92 Å². The Morgan fingerprint density at radius 1 is 1.56 bits per heavy atom. The molecule has 1 heterocycles. The molecule has 2 rings (SSSR count). The van der Waals surface area contributed by atoms with Crippen LogP contribution in [0.2, 0.25) is 0 Å². The molecule has 1 saturated carbocycles. The van der Waals surface area contributed by atoms with Gasteiger partial charge in [-0.2, -0.15) is 0 Å². The second-order valence-electron chi connectivity index (χ2n) is 6.32. The second kappa shape index (κ2) is 6.31. The summed E-state index contributed by atoms with van der Waals surface area (Å²) in [5, 5.41) is 4.97. The molecule has 2 aliphatic rings. The minimum atomic E-state index is 0.381. The molecule has 0 aromatic heterocycles. The number of aliphatic imine (C=N–C) groups is 1. The van der Waals surface area contributed by atoms with Gasteiger partial charge in [0, 0.05) is 17.3 Å². The van der Waals surface area contributed by atoms with Crippen molar-refractivity contribution >= 4 is 16.9 Å². The summed E-state index contributed by atoms with van der Waals surface area (Å²) in [4.78, 5) is 4.86. The zero-order valence-electron chi connectivity index (χ0n) is 12.2. The van der Waals surface area contributed by atoms with Crippen LogP contribution in [-0.2, 0) is 0 Å². The van der Waals surface area contributed by atoms with Gasteiger partial charge in [-0.1, -0.05) is 51.3 Å². The van der Waals surface area contributed by atoms with E-state index in [0.717, 1.165) is 5.92 Å². The van der Waals surface area contributed by atoms with E-state index in [0.29, 0.717) is 11.6 Å². The SMILES string of the molecule is CCCCC(C)N=C1NC2(CCCC(C)C2)CS1. The largest absolute Gasteiger partial charge is 0.359 e. The second-order valence-corrected chi connectivity index (χ2v) is 7.29. The predicted molar refractivity (Wildman–Crippen MR) is 82.4 cm³/mol. The van der Waals surface area contributed by atoms with Crippen LogP contribution in [0.1, 0.15) is 65.7 Å². The molecule has 104 valence electrons. The molecular formula is C15H28N2S. The van der Waals surface area contributed by atoms with E-state index < -0.39 is 0 Å². The summed E-state index contributed by atoms with van der Waals surface area (Å²) in [6.07, 6.45) is 9.27. The summed E-state index contributed by atoms with van der Waals surface area (Å²) in [7, 11) is 0. The summed E-state index contributed by atoms with van der Waals surface area (Å²) in [6, 6.07) is 0.483. The number of hydrogen-bond acceptors (Lipinski definition) is 2. The van der Waals surface area contributed by atoms with E-state index in [1.54, 1.807) is 0 Å². The van der Waals surface area contributed by atoms with Gasteiger partial charge in [-0.15, -0.1) is 0 Å². The fourth-order valence-electron chi connectivity index (χ4n) is 3.24. The lowest BCUT2D eigenvalue weighted by molar-refractivity contribution is 0.242. The monoisotopic (exact) mass is 268 g/mol. The number of amidine groups is 1. The Hall–Kier alpha value is -0.180. The van der Waals surface area contributed by atoms with Gasteiger partial charge in [0.05, 0.1) is 0 Å².